The molecule has 2 aliphatic rings. The number of hydrogen-bond donors (Lipinski definition) is 1. The third-order valence-corrected chi connectivity index (χ3v) is 6.88. The minimum Gasteiger partial charge on any atom is -0.351 e. The molecular weight excluding hydrogens is 422 g/mol. The standard InChI is InChI=1S/C25H36ClN5O/c1-2-13-29-16-18-30(19-17-29)14-6-12-27-25(32)23-22-7-4-3-5-15-31(22)24(28-23)20-8-10-21(26)11-9-20/h8-11H,2-7,12-19H2,1H3,(H,27,32). The van der Waals surface area contributed by atoms with Crippen LogP contribution in [0.25, 0.3) is 11.4 Å². The van der Waals surface area contributed by atoms with Gasteiger partial charge in [0, 0.05) is 49.9 Å². The van der Waals surface area contributed by atoms with Gasteiger partial charge in [-0.15, -0.1) is 0 Å². The van der Waals surface area contributed by atoms with Crippen LogP contribution >= 0.6 is 11.6 Å². The largest absolute Gasteiger partial charge is 0.351 e. The molecule has 2 aliphatic heterocycles. The SMILES string of the molecule is CCCN1CCN(CCCNC(=O)c2nc(-c3ccc(Cl)cc3)n3c2CCCCC3)CC1. The summed E-state index contributed by atoms with van der Waals surface area (Å²) in [7, 11) is 0. The molecule has 1 aromatic heterocycles. The van der Waals surface area contributed by atoms with E-state index < -0.39 is 0 Å². The van der Waals surface area contributed by atoms with Gasteiger partial charge in [-0.25, -0.2) is 4.98 Å². The van der Waals surface area contributed by atoms with Crippen molar-refractivity contribution in [2.45, 2.75) is 52.0 Å². The predicted molar refractivity (Wildman–Crippen MR) is 130 cm³/mol. The fourth-order valence-electron chi connectivity index (χ4n) is 4.86. The number of piperazine rings is 1. The molecule has 0 spiro atoms. The molecule has 7 heteroatoms. The van der Waals surface area contributed by atoms with Crippen LogP contribution in [-0.4, -0.2) is 71.1 Å². The van der Waals surface area contributed by atoms with Crippen LogP contribution in [0.5, 0.6) is 0 Å². The molecule has 4 rings (SSSR count). The van der Waals surface area contributed by atoms with Crippen molar-refractivity contribution >= 4 is 17.5 Å². The first-order valence-corrected chi connectivity index (χ1v) is 12.6. The Morgan fingerprint density at radius 1 is 1.00 bits per heavy atom. The fraction of sp³-hybridized carbons (Fsp3) is 0.600. The van der Waals surface area contributed by atoms with Gasteiger partial charge in [-0.3, -0.25) is 4.79 Å². The number of benzene rings is 1. The van der Waals surface area contributed by atoms with Crippen molar-refractivity contribution in [3.8, 4) is 11.4 Å². The highest BCUT2D eigenvalue weighted by atomic mass is 35.5. The van der Waals surface area contributed by atoms with Crippen LogP contribution in [0.2, 0.25) is 5.02 Å². The summed E-state index contributed by atoms with van der Waals surface area (Å²) < 4.78 is 2.25. The van der Waals surface area contributed by atoms with Crippen molar-refractivity contribution in [3.05, 3.63) is 40.7 Å². The van der Waals surface area contributed by atoms with Gasteiger partial charge in [0.25, 0.3) is 5.91 Å². The number of halogens is 1. The first kappa shape index (κ1) is 23.3. The zero-order valence-corrected chi connectivity index (χ0v) is 20.0. The van der Waals surface area contributed by atoms with Crippen LogP contribution in [-0.2, 0) is 13.0 Å². The Labute approximate surface area is 196 Å². The second-order valence-corrected chi connectivity index (χ2v) is 9.43. The lowest BCUT2D eigenvalue weighted by Crippen LogP contribution is -2.47. The Morgan fingerprint density at radius 3 is 2.44 bits per heavy atom. The molecule has 0 radical (unpaired) electrons. The lowest BCUT2D eigenvalue weighted by atomic mass is 10.1. The van der Waals surface area contributed by atoms with Crippen molar-refractivity contribution in [3.63, 3.8) is 0 Å². The Hall–Kier alpha value is -1.89. The number of nitrogens with one attached hydrogen (secondary N) is 1. The van der Waals surface area contributed by atoms with Gasteiger partial charge in [0.15, 0.2) is 0 Å². The van der Waals surface area contributed by atoms with Gasteiger partial charge in [-0.05, 0) is 69.5 Å². The lowest BCUT2D eigenvalue weighted by molar-refractivity contribution is 0.0942. The molecule has 1 fully saturated rings. The van der Waals surface area contributed by atoms with Crippen LogP contribution in [0.3, 0.4) is 0 Å². The van der Waals surface area contributed by atoms with E-state index >= 15 is 0 Å². The highest BCUT2D eigenvalue weighted by Gasteiger charge is 2.24. The van der Waals surface area contributed by atoms with Crippen LogP contribution < -0.4 is 5.32 Å². The molecule has 174 valence electrons. The number of rotatable bonds is 8. The first-order valence-electron chi connectivity index (χ1n) is 12.2. The lowest BCUT2D eigenvalue weighted by Gasteiger charge is -2.34. The number of carbonyl (C=O) groups excluding carboxylic acids is 1. The first-order chi connectivity index (χ1) is 15.7. The maximum Gasteiger partial charge on any atom is 0.271 e. The molecule has 0 unspecified atom stereocenters. The summed E-state index contributed by atoms with van der Waals surface area (Å²) in [6.45, 7) is 10.7. The quantitative estimate of drug-likeness (QED) is 0.607. The van der Waals surface area contributed by atoms with Crippen molar-refractivity contribution in [1.82, 2.24) is 24.7 Å². The molecule has 1 amide bonds. The van der Waals surface area contributed by atoms with Crippen molar-refractivity contribution in [1.29, 1.82) is 0 Å². The van der Waals surface area contributed by atoms with Crippen molar-refractivity contribution in [2.75, 3.05) is 45.8 Å². The summed E-state index contributed by atoms with van der Waals surface area (Å²) in [4.78, 5) is 22.9. The van der Waals surface area contributed by atoms with Gasteiger partial charge in [0.05, 0.1) is 5.69 Å². The van der Waals surface area contributed by atoms with Crippen molar-refractivity contribution in [2.24, 2.45) is 0 Å². The Balaban J connectivity index is 1.35. The average molecular weight is 458 g/mol. The molecular formula is C25H36ClN5O. The van der Waals surface area contributed by atoms with E-state index in [1.54, 1.807) is 0 Å². The van der Waals surface area contributed by atoms with Gasteiger partial charge in [0.2, 0.25) is 0 Å². The van der Waals surface area contributed by atoms with E-state index in [1.807, 2.05) is 24.3 Å². The zero-order chi connectivity index (χ0) is 22.3. The summed E-state index contributed by atoms with van der Waals surface area (Å²) in [6, 6.07) is 7.75. The molecule has 6 nitrogen and oxygen atoms in total. The number of amides is 1. The highest BCUT2D eigenvalue weighted by molar-refractivity contribution is 6.30. The molecule has 2 aromatic rings. The topological polar surface area (TPSA) is 53.4 Å². The van der Waals surface area contributed by atoms with Crippen LogP contribution in [0.4, 0.5) is 0 Å². The third kappa shape index (κ3) is 5.72. The van der Waals surface area contributed by atoms with E-state index in [4.69, 9.17) is 16.6 Å². The van der Waals surface area contributed by atoms with Gasteiger partial charge in [-0.2, -0.15) is 0 Å². The molecule has 3 heterocycles. The summed E-state index contributed by atoms with van der Waals surface area (Å²) in [5.74, 6) is 0.845. The van der Waals surface area contributed by atoms with Gasteiger partial charge < -0.3 is 19.7 Å². The number of hydrogen-bond acceptors (Lipinski definition) is 4. The second kappa shape index (κ2) is 11.3. The Bertz CT molecular complexity index is 886. The van der Waals surface area contributed by atoms with Gasteiger partial charge in [0.1, 0.15) is 11.5 Å². The summed E-state index contributed by atoms with van der Waals surface area (Å²) >= 11 is 6.08. The zero-order valence-electron chi connectivity index (χ0n) is 19.3. The van der Waals surface area contributed by atoms with E-state index in [1.165, 1.54) is 19.4 Å². The number of nitrogens with zero attached hydrogens (tertiary/aromatic N) is 4. The third-order valence-electron chi connectivity index (χ3n) is 6.63. The number of carbonyl (C=O) groups is 1. The van der Waals surface area contributed by atoms with Crippen LogP contribution in [0, 0.1) is 0 Å². The number of aromatic nitrogens is 2. The Kier molecular flexibility index (Phi) is 8.22. The smallest absolute Gasteiger partial charge is 0.271 e. The molecule has 0 bridgehead atoms. The van der Waals surface area contributed by atoms with Gasteiger partial charge >= 0.3 is 0 Å². The number of imidazole rings is 1. The predicted octanol–water partition coefficient (Wildman–Crippen LogP) is 4.08. The maximum atomic E-state index is 13.1. The molecule has 32 heavy (non-hydrogen) atoms. The molecule has 0 aliphatic carbocycles. The Morgan fingerprint density at radius 2 is 1.72 bits per heavy atom. The minimum absolute atomic E-state index is 0.0383. The van der Waals surface area contributed by atoms with E-state index in [2.05, 4.69) is 26.6 Å². The number of fused-ring (bicyclic) bond motifs is 1. The maximum absolute atomic E-state index is 13.1. The molecule has 1 N–H and O–H groups in total. The normalized spacial score (nSPS) is 17.7. The van der Waals surface area contributed by atoms with Gasteiger partial charge in [-0.1, -0.05) is 24.9 Å². The summed E-state index contributed by atoms with van der Waals surface area (Å²) in [6.07, 6.45) is 6.52. The second-order valence-electron chi connectivity index (χ2n) is 8.99. The average Bonchev–Trinajstić information content (AvgIpc) is 2.99. The van der Waals surface area contributed by atoms with E-state index in [-0.39, 0.29) is 5.91 Å². The van der Waals surface area contributed by atoms with Crippen LogP contribution in [0.15, 0.2) is 24.3 Å². The molecule has 0 saturated carbocycles. The fourth-order valence-corrected chi connectivity index (χ4v) is 4.99. The molecule has 1 saturated heterocycles. The minimum atomic E-state index is -0.0383. The van der Waals surface area contributed by atoms with Crippen LogP contribution in [0.1, 0.15) is 55.2 Å². The monoisotopic (exact) mass is 457 g/mol. The van der Waals surface area contributed by atoms with E-state index in [0.717, 1.165) is 82.0 Å². The van der Waals surface area contributed by atoms with Crippen molar-refractivity contribution < 1.29 is 4.79 Å². The van der Waals surface area contributed by atoms with E-state index in [0.29, 0.717) is 17.3 Å². The molecule has 0 atom stereocenters. The highest BCUT2D eigenvalue weighted by Crippen LogP contribution is 2.28. The summed E-state index contributed by atoms with van der Waals surface area (Å²) in [5.41, 5.74) is 2.70. The molecule has 1 aromatic carbocycles. The van der Waals surface area contributed by atoms with E-state index in [9.17, 15) is 4.79 Å². The summed E-state index contributed by atoms with van der Waals surface area (Å²) in [5, 5.41) is 3.85.